The van der Waals surface area contributed by atoms with Crippen LogP contribution in [0.4, 0.5) is 0 Å². The van der Waals surface area contributed by atoms with E-state index in [1.54, 1.807) is 0 Å². The van der Waals surface area contributed by atoms with Crippen molar-refractivity contribution in [1.29, 1.82) is 0 Å². The molecule has 0 bridgehead atoms. The van der Waals surface area contributed by atoms with Crippen molar-refractivity contribution in [2.24, 2.45) is 23.2 Å². The molecule has 2 aliphatic carbocycles. The van der Waals surface area contributed by atoms with Gasteiger partial charge in [-0.05, 0) is 23.7 Å². The monoisotopic (exact) mass is 152 g/mol. The van der Waals surface area contributed by atoms with Crippen LogP contribution in [-0.2, 0) is 4.79 Å². The lowest BCUT2D eigenvalue weighted by Gasteiger charge is -2.14. The van der Waals surface area contributed by atoms with E-state index in [4.69, 9.17) is 0 Å². The molecule has 0 aliphatic heterocycles. The van der Waals surface area contributed by atoms with Gasteiger partial charge in [0.15, 0.2) is 0 Å². The van der Waals surface area contributed by atoms with Gasteiger partial charge in [-0.1, -0.05) is 20.8 Å². The fraction of sp³-hybridized carbons (Fsp3) is 0.900. The predicted octanol–water partition coefficient (Wildman–Crippen LogP) is 2.26. The molecule has 2 aliphatic rings. The number of fused-ring (bicyclic) bond motifs is 1. The topological polar surface area (TPSA) is 17.1 Å². The third-order valence-corrected chi connectivity index (χ3v) is 3.94. The Kier molecular flexibility index (Phi) is 1.25. The predicted molar refractivity (Wildman–Crippen MR) is 44.2 cm³/mol. The van der Waals surface area contributed by atoms with Crippen molar-refractivity contribution in [3.8, 4) is 0 Å². The maximum atomic E-state index is 11.3. The fourth-order valence-electron chi connectivity index (χ4n) is 2.81. The van der Waals surface area contributed by atoms with Crippen LogP contribution in [0.1, 0.15) is 33.6 Å². The molecule has 0 N–H and O–H groups in total. The van der Waals surface area contributed by atoms with Crippen molar-refractivity contribution in [1.82, 2.24) is 0 Å². The second kappa shape index (κ2) is 1.88. The largest absolute Gasteiger partial charge is 0.299 e. The molecule has 0 radical (unpaired) electrons. The minimum atomic E-state index is 0.373. The van der Waals surface area contributed by atoms with E-state index in [2.05, 4.69) is 20.8 Å². The van der Waals surface area contributed by atoms with E-state index in [-0.39, 0.29) is 0 Å². The van der Waals surface area contributed by atoms with Gasteiger partial charge in [-0.15, -0.1) is 0 Å². The summed E-state index contributed by atoms with van der Waals surface area (Å²) in [6, 6.07) is 0. The highest BCUT2D eigenvalue weighted by Crippen LogP contribution is 2.68. The number of hydrogen-bond acceptors (Lipinski definition) is 1. The molecular weight excluding hydrogens is 136 g/mol. The molecule has 11 heavy (non-hydrogen) atoms. The summed E-state index contributed by atoms with van der Waals surface area (Å²) >= 11 is 0. The minimum Gasteiger partial charge on any atom is -0.299 e. The first-order valence-corrected chi connectivity index (χ1v) is 4.60. The van der Waals surface area contributed by atoms with Gasteiger partial charge in [-0.25, -0.2) is 0 Å². The summed E-state index contributed by atoms with van der Waals surface area (Å²) in [6.45, 7) is 6.61. The van der Waals surface area contributed by atoms with Crippen LogP contribution in [0.3, 0.4) is 0 Å². The van der Waals surface area contributed by atoms with E-state index in [1.807, 2.05) is 0 Å². The number of carbonyl (C=O) groups excluding carboxylic acids is 1. The van der Waals surface area contributed by atoms with Gasteiger partial charge in [0.1, 0.15) is 5.78 Å². The van der Waals surface area contributed by atoms with E-state index in [1.165, 1.54) is 6.42 Å². The zero-order chi connectivity index (χ0) is 8.22. The van der Waals surface area contributed by atoms with Crippen LogP contribution in [0.5, 0.6) is 0 Å². The Hall–Kier alpha value is -0.330. The molecule has 2 fully saturated rings. The maximum absolute atomic E-state index is 11.3. The molecule has 1 nitrogen and oxygen atoms in total. The zero-order valence-electron chi connectivity index (χ0n) is 7.55. The molecular formula is C10H16O. The SMILES string of the molecule is CC1C(=O)C[C@]2(C(C)C)C[C@@H]12. The summed E-state index contributed by atoms with van der Waals surface area (Å²) in [6.07, 6.45) is 2.19. The first kappa shape index (κ1) is 7.33. The van der Waals surface area contributed by atoms with Crippen LogP contribution in [-0.4, -0.2) is 5.78 Å². The second-order valence-corrected chi connectivity index (χ2v) is 4.63. The Bertz CT molecular complexity index is 207. The molecule has 2 saturated carbocycles. The summed E-state index contributed by atoms with van der Waals surface area (Å²) in [5, 5.41) is 0. The van der Waals surface area contributed by atoms with E-state index < -0.39 is 0 Å². The first-order valence-electron chi connectivity index (χ1n) is 4.60. The molecule has 1 unspecified atom stereocenters. The smallest absolute Gasteiger partial charge is 0.136 e. The van der Waals surface area contributed by atoms with Gasteiger partial charge in [0.05, 0.1) is 0 Å². The molecule has 0 aromatic heterocycles. The molecule has 1 heteroatoms. The molecule has 62 valence electrons. The summed E-state index contributed by atoms with van der Waals surface area (Å²) in [4.78, 5) is 11.3. The standard InChI is InChI=1S/C10H16O/c1-6(2)10-4-8(10)7(3)9(11)5-10/h6-8H,4-5H2,1-3H3/t7?,8-,10-/m0/s1. The number of hydrogen-bond donors (Lipinski definition) is 0. The molecule has 3 atom stereocenters. The zero-order valence-corrected chi connectivity index (χ0v) is 7.55. The van der Waals surface area contributed by atoms with Gasteiger partial charge in [0, 0.05) is 12.3 Å². The highest BCUT2D eigenvalue weighted by molar-refractivity contribution is 5.86. The molecule has 0 aromatic rings. The summed E-state index contributed by atoms with van der Waals surface area (Å²) in [5.74, 6) is 2.34. The van der Waals surface area contributed by atoms with Gasteiger partial charge in [-0.2, -0.15) is 0 Å². The Morgan fingerprint density at radius 2 is 2.18 bits per heavy atom. The third kappa shape index (κ3) is 0.743. The highest BCUT2D eigenvalue weighted by Gasteiger charge is 2.64. The Labute approximate surface area is 68.2 Å². The van der Waals surface area contributed by atoms with Gasteiger partial charge >= 0.3 is 0 Å². The number of carbonyl (C=O) groups is 1. The lowest BCUT2D eigenvalue weighted by atomic mass is 9.90. The fourth-order valence-corrected chi connectivity index (χ4v) is 2.81. The average Bonchev–Trinajstić information content (AvgIpc) is 2.57. The Morgan fingerprint density at radius 3 is 2.45 bits per heavy atom. The van der Waals surface area contributed by atoms with Crippen LogP contribution < -0.4 is 0 Å². The number of ketones is 1. The van der Waals surface area contributed by atoms with E-state index >= 15 is 0 Å². The van der Waals surface area contributed by atoms with Crippen LogP contribution in [0.2, 0.25) is 0 Å². The number of rotatable bonds is 1. The van der Waals surface area contributed by atoms with Crippen LogP contribution >= 0.6 is 0 Å². The normalized spacial score (nSPS) is 48.2. The van der Waals surface area contributed by atoms with E-state index in [0.717, 1.165) is 12.3 Å². The van der Waals surface area contributed by atoms with Crippen LogP contribution in [0, 0.1) is 23.2 Å². The first-order chi connectivity index (χ1) is 5.08. The lowest BCUT2D eigenvalue weighted by Crippen LogP contribution is -2.10. The van der Waals surface area contributed by atoms with Crippen molar-refractivity contribution in [3.63, 3.8) is 0 Å². The van der Waals surface area contributed by atoms with Crippen molar-refractivity contribution in [3.05, 3.63) is 0 Å². The summed E-state index contributed by atoms with van der Waals surface area (Å²) in [5.41, 5.74) is 0.455. The minimum absolute atomic E-state index is 0.373. The van der Waals surface area contributed by atoms with E-state index in [0.29, 0.717) is 23.0 Å². The Morgan fingerprint density at radius 1 is 1.55 bits per heavy atom. The lowest BCUT2D eigenvalue weighted by molar-refractivity contribution is -0.121. The van der Waals surface area contributed by atoms with Crippen molar-refractivity contribution >= 4 is 5.78 Å². The molecule has 2 rings (SSSR count). The average molecular weight is 152 g/mol. The van der Waals surface area contributed by atoms with Gasteiger partial charge in [0.25, 0.3) is 0 Å². The molecule has 0 aromatic carbocycles. The molecule has 0 amide bonds. The third-order valence-electron chi connectivity index (χ3n) is 3.94. The summed E-state index contributed by atoms with van der Waals surface area (Å²) < 4.78 is 0. The van der Waals surface area contributed by atoms with Gasteiger partial charge in [-0.3, -0.25) is 4.79 Å². The quantitative estimate of drug-likeness (QED) is 0.563. The van der Waals surface area contributed by atoms with Gasteiger partial charge < -0.3 is 0 Å². The molecule has 0 saturated heterocycles. The second-order valence-electron chi connectivity index (χ2n) is 4.63. The number of Topliss-reactive ketones (excluding diaryl/α,β-unsaturated/α-hetero) is 1. The Balaban J connectivity index is 2.20. The van der Waals surface area contributed by atoms with Crippen molar-refractivity contribution in [2.75, 3.05) is 0 Å². The maximum Gasteiger partial charge on any atom is 0.136 e. The van der Waals surface area contributed by atoms with Crippen molar-refractivity contribution in [2.45, 2.75) is 33.6 Å². The molecule has 0 heterocycles. The van der Waals surface area contributed by atoms with E-state index in [9.17, 15) is 4.79 Å². The van der Waals surface area contributed by atoms with Gasteiger partial charge in [0.2, 0.25) is 0 Å². The van der Waals surface area contributed by atoms with Crippen molar-refractivity contribution < 1.29 is 4.79 Å². The summed E-state index contributed by atoms with van der Waals surface area (Å²) in [7, 11) is 0. The highest BCUT2D eigenvalue weighted by atomic mass is 16.1. The van der Waals surface area contributed by atoms with Crippen LogP contribution in [0.15, 0.2) is 0 Å². The van der Waals surface area contributed by atoms with Crippen LogP contribution in [0.25, 0.3) is 0 Å². The molecule has 0 spiro atoms.